The van der Waals surface area contributed by atoms with Crippen molar-refractivity contribution in [2.24, 2.45) is 0 Å². The summed E-state index contributed by atoms with van der Waals surface area (Å²) < 4.78 is 29.5. The van der Waals surface area contributed by atoms with Gasteiger partial charge < -0.3 is 10.1 Å². The Bertz CT molecular complexity index is 407. The van der Waals surface area contributed by atoms with Crippen LogP contribution in [0.2, 0.25) is 0 Å². The molecular formula is C12H15F2NO2. The van der Waals surface area contributed by atoms with Gasteiger partial charge in [0.2, 0.25) is 0 Å². The number of carbonyl (C=O) groups excluding carboxylic acids is 1. The van der Waals surface area contributed by atoms with E-state index >= 15 is 0 Å². The number of carbonyl (C=O) groups is 1. The molecule has 1 atom stereocenters. The molecule has 1 N–H and O–H groups in total. The van der Waals surface area contributed by atoms with E-state index in [1.165, 1.54) is 14.0 Å². The van der Waals surface area contributed by atoms with Crippen LogP contribution >= 0.6 is 0 Å². The van der Waals surface area contributed by atoms with Gasteiger partial charge >= 0.3 is 5.97 Å². The highest BCUT2D eigenvalue weighted by molar-refractivity contribution is 5.95. The summed E-state index contributed by atoms with van der Waals surface area (Å²) in [4.78, 5) is 11.5. The first-order chi connectivity index (χ1) is 7.95. The van der Waals surface area contributed by atoms with Crippen LogP contribution in [0.25, 0.3) is 0 Å². The second-order valence-corrected chi connectivity index (χ2v) is 3.81. The first kappa shape index (κ1) is 13.4. The normalized spacial score (nSPS) is 12.4. The summed E-state index contributed by atoms with van der Waals surface area (Å²) in [6.45, 7) is 3.17. The molecule has 1 rings (SSSR count). The van der Waals surface area contributed by atoms with Crippen LogP contribution in [-0.2, 0) is 4.74 Å². The topological polar surface area (TPSA) is 38.3 Å². The minimum atomic E-state index is -2.50. The predicted octanol–water partition coefficient (Wildman–Crippen LogP) is 2.85. The third-order valence-electron chi connectivity index (χ3n) is 2.34. The van der Waals surface area contributed by atoms with Gasteiger partial charge in [0, 0.05) is 5.69 Å². The maximum Gasteiger partial charge on any atom is 0.339 e. The van der Waals surface area contributed by atoms with E-state index in [2.05, 4.69) is 10.1 Å². The Labute approximate surface area is 98.8 Å². The smallest absolute Gasteiger partial charge is 0.339 e. The lowest BCUT2D eigenvalue weighted by atomic mass is 10.1. The summed E-state index contributed by atoms with van der Waals surface area (Å²) in [5.41, 5.74) is 1.48. The van der Waals surface area contributed by atoms with Crippen LogP contribution in [-0.4, -0.2) is 25.5 Å². The average Bonchev–Trinajstić information content (AvgIpc) is 2.30. The standard InChI is InChI=1S/C12H15F2NO2/c1-7-4-5-10(15-8(2)11(13)14)9(6-7)12(16)17-3/h4-6,8,11,15H,1-3H3. The lowest BCUT2D eigenvalue weighted by Gasteiger charge is -2.16. The van der Waals surface area contributed by atoms with Gasteiger partial charge in [-0.1, -0.05) is 11.6 Å². The molecule has 0 radical (unpaired) electrons. The van der Waals surface area contributed by atoms with Gasteiger partial charge in [0.05, 0.1) is 18.7 Å². The van der Waals surface area contributed by atoms with Crippen molar-refractivity contribution in [1.82, 2.24) is 0 Å². The molecule has 0 heterocycles. The summed E-state index contributed by atoms with van der Waals surface area (Å²) in [5.74, 6) is -0.544. The summed E-state index contributed by atoms with van der Waals surface area (Å²) in [5, 5.41) is 2.60. The zero-order valence-electron chi connectivity index (χ0n) is 9.96. The zero-order chi connectivity index (χ0) is 13.0. The van der Waals surface area contributed by atoms with Crippen LogP contribution in [0.15, 0.2) is 18.2 Å². The van der Waals surface area contributed by atoms with Crippen LogP contribution in [0.4, 0.5) is 14.5 Å². The summed E-state index contributed by atoms with van der Waals surface area (Å²) in [6, 6.07) is 3.92. The molecule has 0 aliphatic heterocycles. The number of halogens is 2. The van der Waals surface area contributed by atoms with Crippen molar-refractivity contribution < 1.29 is 18.3 Å². The van der Waals surface area contributed by atoms with E-state index in [4.69, 9.17) is 0 Å². The fourth-order valence-electron chi connectivity index (χ4n) is 1.37. The second kappa shape index (κ2) is 5.61. The number of hydrogen-bond acceptors (Lipinski definition) is 3. The molecule has 1 unspecified atom stereocenters. The van der Waals surface area contributed by atoms with Crippen molar-refractivity contribution in [3.63, 3.8) is 0 Å². The highest BCUT2D eigenvalue weighted by Gasteiger charge is 2.18. The molecule has 94 valence electrons. The molecule has 0 bridgehead atoms. The first-order valence-corrected chi connectivity index (χ1v) is 5.19. The van der Waals surface area contributed by atoms with E-state index in [9.17, 15) is 13.6 Å². The van der Waals surface area contributed by atoms with Crippen LogP contribution < -0.4 is 5.32 Å². The molecule has 0 amide bonds. The van der Waals surface area contributed by atoms with E-state index in [0.29, 0.717) is 5.69 Å². The van der Waals surface area contributed by atoms with E-state index in [0.717, 1.165) is 5.56 Å². The number of hydrogen-bond donors (Lipinski definition) is 1. The van der Waals surface area contributed by atoms with Gasteiger partial charge in [-0.15, -0.1) is 0 Å². The van der Waals surface area contributed by atoms with Crippen molar-refractivity contribution >= 4 is 11.7 Å². The summed E-state index contributed by atoms with van der Waals surface area (Å²) in [7, 11) is 1.25. The number of nitrogens with one attached hydrogen (secondary N) is 1. The molecule has 1 aromatic rings. The van der Waals surface area contributed by atoms with Gasteiger partial charge in [-0.25, -0.2) is 13.6 Å². The predicted molar refractivity (Wildman–Crippen MR) is 61.6 cm³/mol. The number of rotatable bonds is 4. The molecular weight excluding hydrogens is 228 g/mol. The third kappa shape index (κ3) is 3.41. The number of methoxy groups -OCH3 is 1. The Kier molecular flexibility index (Phi) is 4.43. The molecule has 0 aliphatic rings. The molecule has 0 saturated carbocycles. The van der Waals surface area contributed by atoms with Gasteiger partial charge in [-0.2, -0.15) is 0 Å². The lowest BCUT2D eigenvalue weighted by Crippen LogP contribution is -2.25. The average molecular weight is 243 g/mol. The van der Waals surface area contributed by atoms with Gasteiger partial charge in [0.15, 0.2) is 0 Å². The molecule has 1 aromatic carbocycles. The van der Waals surface area contributed by atoms with Crippen LogP contribution in [0.5, 0.6) is 0 Å². The Balaban J connectivity index is 3.02. The fraction of sp³-hybridized carbons (Fsp3) is 0.417. The highest BCUT2D eigenvalue weighted by atomic mass is 19.3. The van der Waals surface area contributed by atoms with E-state index in [-0.39, 0.29) is 5.56 Å². The number of anilines is 1. The largest absolute Gasteiger partial charge is 0.465 e. The van der Waals surface area contributed by atoms with Gasteiger partial charge in [0.25, 0.3) is 6.43 Å². The SMILES string of the molecule is COC(=O)c1cc(C)ccc1NC(C)C(F)F. The van der Waals surface area contributed by atoms with Gasteiger partial charge in [-0.05, 0) is 26.0 Å². The van der Waals surface area contributed by atoms with Crippen molar-refractivity contribution in [1.29, 1.82) is 0 Å². The van der Waals surface area contributed by atoms with Crippen molar-refractivity contribution in [2.45, 2.75) is 26.3 Å². The minimum Gasteiger partial charge on any atom is -0.465 e. The van der Waals surface area contributed by atoms with Crippen molar-refractivity contribution in [3.05, 3.63) is 29.3 Å². The van der Waals surface area contributed by atoms with E-state index in [1.807, 2.05) is 6.92 Å². The van der Waals surface area contributed by atoms with Crippen molar-refractivity contribution in [2.75, 3.05) is 12.4 Å². The maximum atomic E-state index is 12.4. The number of alkyl halides is 2. The molecule has 3 nitrogen and oxygen atoms in total. The number of esters is 1. The molecule has 0 spiro atoms. The molecule has 0 fully saturated rings. The minimum absolute atomic E-state index is 0.264. The molecule has 0 saturated heterocycles. The lowest BCUT2D eigenvalue weighted by molar-refractivity contribution is 0.0601. The zero-order valence-corrected chi connectivity index (χ0v) is 9.96. The van der Waals surface area contributed by atoms with E-state index < -0.39 is 18.4 Å². The van der Waals surface area contributed by atoms with Gasteiger partial charge in [0.1, 0.15) is 0 Å². The van der Waals surface area contributed by atoms with E-state index in [1.54, 1.807) is 18.2 Å². The van der Waals surface area contributed by atoms with Crippen LogP contribution in [0.1, 0.15) is 22.8 Å². The number of benzene rings is 1. The number of ether oxygens (including phenoxy) is 1. The maximum absolute atomic E-state index is 12.4. The first-order valence-electron chi connectivity index (χ1n) is 5.19. The van der Waals surface area contributed by atoms with Crippen LogP contribution in [0, 0.1) is 6.92 Å². The quantitative estimate of drug-likeness (QED) is 0.826. The van der Waals surface area contributed by atoms with Crippen LogP contribution in [0.3, 0.4) is 0 Å². The fourth-order valence-corrected chi connectivity index (χ4v) is 1.37. The molecule has 17 heavy (non-hydrogen) atoms. The van der Waals surface area contributed by atoms with Crippen molar-refractivity contribution in [3.8, 4) is 0 Å². The van der Waals surface area contributed by atoms with Gasteiger partial charge in [-0.3, -0.25) is 0 Å². The molecule has 5 heteroatoms. The Morgan fingerprint density at radius 1 is 1.41 bits per heavy atom. The molecule has 0 aliphatic carbocycles. The summed E-state index contributed by atoms with van der Waals surface area (Å²) >= 11 is 0. The third-order valence-corrected chi connectivity index (χ3v) is 2.34. The Hall–Kier alpha value is -1.65. The highest BCUT2D eigenvalue weighted by Crippen LogP contribution is 2.20. The number of aryl methyl sites for hydroxylation is 1. The Morgan fingerprint density at radius 2 is 2.06 bits per heavy atom. The molecule has 0 aromatic heterocycles. The Morgan fingerprint density at radius 3 is 2.59 bits per heavy atom. The summed E-state index contributed by atoms with van der Waals surface area (Å²) in [6.07, 6.45) is -2.50. The monoisotopic (exact) mass is 243 g/mol. The second-order valence-electron chi connectivity index (χ2n) is 3.81.